The van der Waals surface area contributed by atoms with E-state index in [-0.39, 0.29) is 17.7 Å². The van der Waals surface area contributed by atoms with Crippen molar-refractivity contribution in [2.45, 2.75) is 91.6 Å². The molecule has 1 aliphatic rings. The van der Waals surface area contributed by atoms with Gasteiger partial charge in [-0.15, -0.1) is 0 Å². The molecule has 1 fully saturated rings. The van der Waals surface area contributed by atoms with Crippen LogP contribution in [0.15, 0.2) is 24.3 Å². The SMILES string of the molecule is CC(=O)Nc1nc(CCc2ccc(NC(OC(N)=O)(OC(=O)NC(C)(C)C)C(C)(C)C)cc2)c(C(=O)N2CCC[C@@H]2C(=O)N(C)C)s1. The zero-order chi connectivity index (χ0) is 35.3. The van der Waals surface area contributed by atoms with Crippen LogP contribution in [0.4, 0.5) is 20.4 Å². The zero-order valence-corrected chi connectivity index (χ0v) is 29.4. The fourth-order valence-electron chi connectivity index (χ4n) is 4.96. The molecule has 2 heterocycles. The Labute approximate surface area is 279 Å². The molecular weight excluding hydrogens is 626 g/mol. The molecule has 0 spiro atoms. The summed E-state index contributed by atoms with van der Waals surface area (Å²) in [5.74, 6) is -2.67. The molecular formula is C32H47N7O7S. The number of benzene rings is 1. The standard InChI is InChI=1S/C32H47N7O7S/c1-19(40)34-28-35-22(24(47-28)26(42)39-18-10-11-23(39)25(41)38(8)9)17-14-20-12-15-21(16-13-20)36-32(30(2,3)4,45-27(33)43)46-29(44)37-31(5,6)7/h12-13,15-16,23,36H,10-11,14,17-18H2,1-9H3,(H2,33,43)(H,37,44)(H,34,35,40)/t23-,32?/m1/s1. The van der Waals surface area contributed by atoms with E-state index in [4.69, 9.17) is 15.2 Å². The van der Waals surface area contributed by atoms with Crippen molar-refractivity contribution in [3.05, 3.63) is 40.4 Å². The van der Waals surface area contributed by atoms with Crippen molar-refractivity contribution in [2.75, 3.05) is 31.3 Å². The van der Waals surface area contributed by atoms with E-state index in [9.17, 15) is 24.0 Å². The summed E-state index contributed by atoms with van der Waals surface area (Å²) in [6.07, 6.45) is 0.245. The first-order chi connectivity index (χ1) is 21.7. The number of primary amides is 1. The van der Waals surface area contributed by atoms with Gasteiger partial charge in [-0.1, -0.05) is 44.2 Å². The molecule has 47 heavy (non-hydrogen) atoms. The maximum absolute atomic E-state index is 13.7. The molecule has 258 valence electrons. The summed E-state index contributed by atoms with van der Waals surface area (Å²) in [5, 5.41) is 8.72. The smallest absolute Gasteiger partial charge is 0.387 e. The number of nitrogens with one attached hydrogen (secondary N) is 3. The number of likely N-dealkylation sites (N-methyl/N-ethyl adjacent to an activating group) is 1. The number of likely N-dealkylation sites (tertiary alicyclic amines) is 1. The van der Waals surface area contributed by atoms with Crippen LogP contribution in [0.1, 0.15) is 82.2 Å². The normalized spacial score (nSPS) is 16.1. The zero-order valence-electron chi connectivity index (χ0n) is 28.6. The number of alkyl carbamates (subject to hydrolysis) is 1. The van der Waals surface area contributed by atoms with Gasteiger partial charge in [0, 0.05) is 38.8 Å². The summed E-state index contributed by atoms with van der Waals surface area (Å²) in [6.45, 7) is 12.4. The van der Waals surface area contributed by atoms with Gasteiger partial charge in [-0.05, 0) is 64.2 Å². The monoisotopic (exact) mass is 673 g/mol. The molecule has 5 amide bonds. The molecule has 2 aromatic rings. The second-order valence-electron chi connectivity index (χ2n) is 13.7. The first-order valence-corrected chi connectivity index (χ1v) is 16.2. The van der Waals surface area contributed by atoms with Gasteiger partial charge >= 0.3 is 18.1 Å². The number of hydrogen-bond donors (Lipinski definition) is 4. The fourth-order valence-corrected chi connectivity index (χ4v) is 5.98. The van der Waals surface area contributed by atoms with Crippen molar-refractivity contribution in [3.63, 3.8) is 0 Å². The lowest BCUT2D eigenvalue weighted by molar-refractivity contribution is -0.202. The van der Waals surface area contributed by atoms with E-state index >= 15 is 0 Å². The Hall–Kier alpha value is -4.40. The number of aryl methyl sites for hydroxylation is 2. The molecule has 1 saturated heterocycles. The lowest BCUT2D eigenvalue weighted by Crippen LogP contribution is -2.59. The summed E-state index contributed by atoms with van der Waals surface area (Å²) >= 11 is 1.10. The number of anilines is 2. The van der Waals surface area contributed by atoms with E-state index in [0.29, 0.717) is 47.2 Å². The first kappa shape index (κ1) is 37.1. The van der Waals surface area contributed by atoms with Crippen LogP contribution in [0.2, 0.25) is 0 Å². The van der Waals surface area contributed by atoms with Crippen LogP contribution in [0.5, 0.6) is 0 Å². The fraction of sp³-hybridized carbons (Fsp3) is 0.562. The molecule has 5 N–H and O–H groups in total. The van der Waals surface area contributed by atoms with E-state index in [1.54, 1.807) is 72.7 Å². The van der Waals surface area contributed by atoms with E-state index in [1.165, 1.54) is 11.8 Å². The Morgan fingerprint density at radius 1 is 1.02 bits per heavy atom. The Morgan fingerprint density at radius 3 is 2.19 bits per heavy atom. The van der Waals surface area contributed by atoms with Gasteiger partial charge in [0.25, 0.3) is 5.91 Å². The third-order valence-electron chi connectivity index (χ3n) is 7.27. The Kier molecular flexibility index (Phi) is 11.5. The highest BCUT2D eigenvalue weighted by molar-refractivity contribution is 7.17. The molecule has 15 heteroatoms. The third kappa shape index (κ3) is 9.80. The van der Waals surface area contributed by atoms with Crippen molar-refractivity contribution in [1.82, 2.24) is 20.1 Å². The number of aromatic nitrogens is 1. The number of carbonyl (C=O) groups is 5. The largest absolute Gasteiger partial charge is 0.412 e. The lowest BCUT2D eigenvalue weighted by atomic mass is 9.90. The van der Waals surface area contributed by atoms with Crippen molar-refractivity contribution in [2.24, 2.45) is 11.1 Å². The number of hydrogen-bond acceptors (Lipinski definition) is 10. The van der Waals surface area contributed by atoms with Gasteiger partial charge in [0.2, 0.25) is 11.8 Å². The van der Waals surface area contributed by atoms with Gasteiger partial charge in [0.05, 0.1) is 11.1 Å². The van der Waals surface area contributed by atoms with Gasteiger partial charge in [-0.25, -0.2) is 14.6 Å². The minimum Gasteiger partial charge on any atom is -0.387 e. The highest BCUT2D eigenvalue weighted by Gasteiger charge is 2.51. The highest BCUT2D eigenvalue weighted by atomic mass is 32.1. The Bertz CT molecular complexity index is 1480. The summed E-state index contributed by atoms with van der Waals surface area (Å²) in [6, 6.07) is 6.61. The molecule has 0 saturated carbocycles. The number of nitrogens with two attached hydrogens (primary N) is 1. The van der Waals surface area contributed by atoms with Gasteiger partial charge in [-0.3, -0.25) is 14.4 Å². The molecule has 0 radical (unpaired) electrons. The molecule has 2 atom stereocenters. The summed E-state index contributed by atoms with van der Waals surface area (Å²) < 4.78 is 11.1. The van der Waals surface area contributed by atoms with Gasteiger partial charge < -0.3 is 41.0 Å². The van der Waals surface area contributed by atoms with E-state index in [2.05, 4.69) is 20.9 Å². The second kappa shape index (κ2) is 14.6. The molecule has 0 aliphatic carbocycles. The molecule has 1 aliphatic heterocycles. The quantitative estimate of drug-likeness (QED) is 0.267. The van der Waals surface area contributed by atoms with Gasteiger partial charge in [-0.2, -0.15) is 0 Å². The molecule has 0 bridgehead atoms. The predicted octanol–water partition coefficient (Wildman–Crippen LogP) is 4.31. The molecule has 1 aromatic heterocycles. The van der Waals surface area contributed by atoms with Crippen LogP contribution in [0.25, 0.3) is 0 Å². The first-order valence-electron chi connectivity index (χ1n) is 15.4. The van der Waals surface area contributed by atoms with Crippen molar-refractivity contribution >= 4 is 52.1 Å². The minimum absolute atomic E-state index is 0.130. The summed E-state index contributed by atoms with van der Waals surface area (Å²) in [7, 11) is 3.34. The van der Waals surface area contributed by atoms with Crippen molar-refractivity contribution in [1.29, 1.82) is 0 Å². The lowest BCUT2D eigenvalue weighted by Gasteiger charge is -2.42. The second-order valence-corrected chi connectivity index (χ2v) is 14.7. The summed E-state index contributed by atoms with van der Waals surface area (Å²) in [5.41, 5.74) is 5.73. The van der Waals surface area contributed by atoms with Crippen molar-refractivity contribution in [3.8, 4) is 0 Å². The number of ether oxygens (including phenoxy) is 2. The van der Waals surface area contributed by atoms with E-state index in [1.807, 2.05) is 12.1 Å². The van der Waals surface area contributed by atoms with Crippen LogP contribution in [-0.2, 0) is 31.9 Å². The van der Waals surface area contributed by atoms with Crippen LogP contribution in [0.3, 0.4) is 0 Å². The minimum atomic E-state index is -1.95. The Morgan fingerprint density at radius 2 is 1.66 bits per heavy atom. The number of amides is 5. The van der Waals surface area contributed by atoms with Crippen molar-refractivity contribution < 1.29 is 33.4 Å². The third-order valence-corrected chi connectivity index (χ3v) is 8.27. The maximum Gasteiger partial charge on any atom is 0.412 e. The maximum atomic E-state index is 13.7. The average Bonchev–Trinajstić information content (AvgIpc) is 3.56. The van der Waals surface area contributed by atoms with E-state index in [0.717, 1.165) is 23.3 Å². The Balaban J connectivity index is 1.83. The van der Waals surface area contributed by atoms with Crippen LogP contribution >= 0.6 is 11.3 Å². The van der Waals surface area contributed by atoms with E-state index < -0.39 is 35.1 Å². The number of rotatable bonds is 10. The predicted molar refractivity (Wildman–Crippen MR) is 179 cm³/mol. The van der Waals surface area contributed by atoms with Gasteiger partial charge in [0.15, 0.2) is 5.13 Å². The molecule has 1 aromatic carbocycles. The van der Waals surface area contributed by atoms with Crippen LogP contribution in [-0.4, -0.2) is 82.8 Å². The molecule has 3 rings (SSSR count). The van der Waals surface area contributed by atoms with Crippen LogP contribution in [0, 0.1) is 5.41 Å². The number of nitrogens with zero attached hydrogens (tertiary/aromatic N) is 3. The van der Waals surface area contributed by atoms with Crippen LogP contribution < -0.4 is 21.7 Å². The number of thiazole rings is 1. The average molecular weight is 674 g/mol. The van der Waals surface area contributed by atoms with Gasteiger partial charge in [0.1, 0.15) is 10.9 Å². The highest BCUT2D eigenvalue weighted by Crippen LogP contribution is 2.37. The summed E-state index contributed by atoms with van der Waals surface area (Å²) in [4.78, 5) is 71.0. The topological polar surface area (TPSA) is 185 Å². The molecule has 1 unspecified atom stereocenters. The number of carbonyl (C=O) groups excluding carboxylic acids is 5. The molecule has 14 nitrogen and oxygen atoms in total.